The van der Waals surface area contributed by atoms with Gasteiger partial charge >= 0.3 is 84.9 Å². The van der Waals surface area contributed by atoms with Crippen LogP contribution in [0, 0.1) is 5.41 Å². The SMILES string of the molecule is CCC(=O)OCC(CC)(COC(=O)NC)COC(=O)NC.CCC(=O)OCCCCC(COC(=O)NC)OC(=O)NC.CN(C)C.CNC(=O)N(C)C(=O)NC.CNC(=O)OCC(COC(=O)NC)OC(=O)NC.CNC(=O)OCCN(CCOC(=O)NC)CCOC(=O)NC. The van der Waals surface area contributed by atoms with Crippen molar-refractivity contribution in [1.82, 2.24) is 78.5 Å². The minimum Gasteiger partial charge on any atom is -0.466 e. The molecule has 1 unspecified atom stereocenters. The molecular weight excluding hydrogens is 1290 g/mol. The number of hydrogen-bond acceptors (Lipinski definition) is 28. The molecule has 0 fully saturated rings. The number of ether oxygens (including phenoxy) is 12. The van der Waals surface area contributed by atoms with E-state index >= 15 is 0 Å². The van der Waals surface area contributed by atoms with Crippen molar-refractivity contribution in [3.8, 4) is 0 Å². The first-order valence-corrected chi connectivity index (χ1v) is 29.7. The van der Waals surface area contributed by atoms with Crippen LogP contribution in [0.4, 0.5) is 57.5 Å². The van der Waals surface area contributed by atoms with E-state index in [1.165, 1.54) is 91.6 Å². The quantitative estimate of drug-likeness (QED) is 0.0259. The van der Waals surface area contributed by atoms with Gasteiger partial charge in [0, 0.05) is 124 Å². The second-order valence-corrected chi connectivity index (χ2v) is 18.7. The lowest BCUT2D eigenvalue weighted by Crippen LogP contribution is -2.43. The largest absolute Gasteiger partial charge is 0.466 e. The van der Waals surface area contributed by atoms with E-state index < -0.39 is 90.6 Å². The summed E-state index contributed by atoms with van der Waals surface area (Å²) in [5.41, 5.74) is -0.774. The number of urea groups is 2. The van der Waals surface area contributed by atoms with Crippen molar-refractivity contribution in [2.24, 2.45) is 5.41 Å². The van der Waals surface area contributed by atoms with Crippen molar-refractivity contribution in [3.63, 3.8) is 0 Å². The molecule has 96 heavy (non-hydrogen) atoms. The zero-order chi connectivity index (χ0) is 74.9. The van der Waals surface area contributed by atoms with Crippen molar-refractivity contribution in [1.29, 1.82) is 0 Å². The first-order valence-electron chi connectivity index (χ1n) is 29.7. The van der Waals surface area contributed by atoms with Gasteiger partial charge in [0.1, 0.15) is 65.6 Å². The smallest absolute Gasteiger partial charge is 0.407 e. The van der Waals surface area contributed by atoms with E-state index in [0.717, 1.165) is 4.90 Å². The summed E-state index contributed by atoms with van der Waals surface area (Å²) in [5.74, 6) is -0.608. The zero-order valence-corrected chi connectivity index (χ0v) is 59.0. The predicted octanol–water partition coefficient (Wildman–Crippen LogP) is 0.793. The Morgan fingerprint density at radius 1 is 0.333 bits per heavy atom. The highest BCUT2D eigenvalue weighted by Crippen LogP contribution is 2.24. The molecule has 0 aliphatic heterocycles. The van der Waals surface area contributed by atoms with Crippen LogP contribution in [-0.2, 0) is 66.4 Å². The summed E-state index contributed by atoms with van der Waals surface area (Å²) >= 11 is 0. The Morgan fingerprint density at radius 2 is 0.615 bits per heavy atom. The molecule has 0 rings (SSSR count). The van der Waals surface area contributed by atoms with Crippen LogP contribution in [0.5, 0.6) is 0 Å². The van der Waals surface area contributed by atoms with Crippen LogP contribution in [0.3, 0.4) is 0 Å². The molecular formula is C55H109N15O26. The van der Waals surface area contributed by atoms with Gasteiger partial charge in [-0.15, -0.1) is 0 Å². The highest BCUT2D eigenvalue weighted by Gasteiger charge is 2.34. The molecule has 0 bridgehead atoms. The van der Waals surface area contributed by atoms with E-state index in [-0.39, 0.29) is 77.8 Å². The zero-order valence-electron chi connectivity index (χ0n) is 59.0. The third-order valence-electron chi connectivity index (χ3n) is 10.8. The standard InChI is InChI=1S/2C13H24N2O6.C12H24N4O6.C9H17N3O6.C5H11N3O2.C3H9N/c1-5-10(16)19-7-13(6-2,8-20-11(17)14-3)9-21-12(18)15-4;1-4-11(16)19-8-6-5-7-10(21-13(18)15-3)9-20-12(17)14-2;1-13-10(17)20-7-4-16(5-8-21-11(18)14-2)6-9-22-12(19)15-3;1-10-7(13)16-4-6(18-9(15)12-3)5-17-8(14)11-2;1-6-4(9)8(3)5(10)7-2;1-4(2)3/h5-9H2,1-4H3,(H,14,17)(H,15,18);10H,4-9H2,1-3H3,(H,14,17)(H,15,18);4-9H2,1-3H3,(H,13,17)(H,14,18)(H,15,19);6H,4-5H2,1-3H3,(H,10,13)(H,11,14)(H,12,15);1-3H3,(H,6,9)(H,7,10);1-3H3. The van der Waals surface area contributed by atoms with Gasteiger partial charge in [-0.1, -0.05) is 20.8 Å². The van der Waals surface area contributed by atoms with Gasteiger partial charge in [-0.25, -0.2) is 62.4 Å². The molecule has 0 aromatic carbocycles. The summed E-state index contributed by atoms with van der Waals surface area (Å²) in [6.07, 6.45) is -4.53. The van der Waals surface area contributed by atoms with Crippen LogP contribution < -0.4 is 63.8 Å². The summed E-state index contributed by atoms with van der Waals surface area (Å²) in [6.45, 7) is 6.78. The van der Waals surface area contributed by atoms with E-state index in [0.29, 0.717) is 58.3 Å². The van der Waals surface area contributed by atoms with Gasteiger partial charge in [-0.2, -0.15) is 0 Å². The van der Waals surface area contributed by atoms with Gasteiger partial charge in [0.25, 0.3) is 0 Å². The molecule has 0 heterocycles. The third-order valence-corrected chi connectivity index (χ3v) is 10.8. The molecule has 0 aromatic heterocycles. The third kappa shape index (κ3) is 63.1. The number of amides is 14. The Balaban J connectivity index is -0.000000264. The lowest BCUT2D eigenvalue weighted by atomic mass is 9.88. The lowest BCUT2D eigenvalue weighted by Gasteiger charge is -2.30. The van der Waals surface area contributed by atoms with Crippen molar-refractivity contribution in [2.45, 2.75) is 71.5 Å². The summed E-state index contributed by atoms with van der Waals surface area (Å²) < 4.78 is 58.9. The average molecular weight is 1400 g/mol. The maximum atomic E-state index is 11.3. The maximum absolute atomic E-state index is 11.3. The molecule has 0 saturated carbocycles. The first kappa shape index (κ1) is 97.4. The molecule has 0 aliphatic carbocycles. The molecule has 0 saturated heterocycles. The van der Waals surface area contributed by atoms with Crippen molar-refractivity contribution in [2.75, 3.05) is 198 Å². The minimum absolute atomic E-state index is 0.00413. The first-order chi connectivity index (χ1) is 45.4. The van der Waals surface area contributed by atoms with Crippen LogP contribution in [-0.4, -0.2) is 310 Å². The normalized spacial score (nSPS) is 9.98. The fraction of sp³-hybridized carbons (Fsp3) is 0.745. The van der Waals surface area contributed by atoms with Crippen LogP contribution in [0.1, 0.15) is 59.3 Å². The maximum Gasteiger partial charge on any atom is 0.407 e. The fourth-order valence-electron chi connectivity index (χ4n) is 5.33. The Morgan fingerprint density at radius 3 is 0.917 bits per heavy atom. The van der Waals surface area contributed by atoms with Crippen LogP contribution in [0.25, 0.3) is 0 Å². The lowest BCUT2D eigenvalue weighted by molar-refractivity contribution is -0.149. The van der Waals surface area contributed by atoms with Crippen LogP contribution in [0.2, 0.25) is 0 Å². The number of alkyl carbamates (subject to hydrolysis) is 10. The minimum atomic E-state index is -0.889. The number of nitrogens with zero attached hydrogens (tertiary/aromatic N) is 3. The molecule has 560 valence electrons. The highest BCUT2D eigenvalue weighted by molar-refractivity contribution is 5.92. The van der Waals surface area contributed by atoms with Gasteiger partial charge in [0.15, 0.2) is 6.10 Å². The van der Waals surface area contributed by atoms with Crippen molar-refractivity contribution in [3.05, 3.63) is 0 Å². The summed E-state index contributed by atoms with van der Waals surface area (Å²) in [5, 5.41) is 27.6. The topological polar surface area (TPSA) is 504 Å². The summed E-state index contributed by atoms with van der Waals surface area (Å²) in [6, 6.07) is -0.862. The number of rotatable bonds is 31. The number of esters is 2. The molecule has 0 aliphatic rings. The number of unbranched alkanes of at least 4 members (excludes halogenated alkanes) is 1. The van der Waals surface area contributed by atoms with E-state index in [1.54, 1.807) is 13.8 Å². The monoisotopic (exact) mass is 1400 g/mol. The fourth-order valence-corrected chi connectivity index (χ4v) is 5.33. The van der Waals surface area contributed by atoms with Crippen molar-refractivity contribution >= 4 is 84.9 Å². The van der Waals surface area contributed by atoms with E-state index in [4.69, 9.17) is 56.8 Å². The number of carbonyl (C=O) groups excluding carboxylic acids is 14. The average Bonchev–Trinajstić information content (AvgIpc) is 0.950. The highest BCUT2D eigenvalue weighted by atomic mass is 16.6. The Hall–Kier alpha value is -9.70. The summed E-state index contributed by atoms with van der Waals surface area (Å²) in [4.78, 5) is 159. The molecule has 1 atom stereocenters. The molecule has 41 heteroatoms. The van der Waals surface area contributed by atoms with E-state index in [2.05, 4.69) is 63.8 Å². The van der Waals surface area contributed by atoms with E-state index in [9.17, 15) is 67.1 Å². The second kappa shape index (κ2) is 65.4. The molecule has 0 aromatic rings. The molecule has 0 radical (unpaired) electrons. The van der Waals surface area contributed by atoms with Gasteiger partial charge in [0.2, 0.25) is 0 Å². The second-order valence-electron chi connectivity index (χ2n) is 18.7. The van der Waals surface area contributed by atoms with Gasteiger partial charge in [0.05, 0.1) is 12.0 Å². The van der Waals surface area contributed by atoms with E-state index in [1.807, 2.05) is 37.9 Å². The predicted molar refractivity (Wildman–Crippen MR) is 344 cm³/mol. The Bertz CT molecular complexity index is 2070. The number of imide groups is 1. The molecule has 0 spiro atoms. The van der Waals surface area contributed by atoms with Gasteiger partial charge < -0.3 is 126 Å². The molecule has 41 nitrogen and oxygen atoms in total. The Kier molecular flexibility index (Phi) is 66.3. The van der Waals surface area contributed by atoms with Crippen LogP contribution in [0.15, 0.2) is 0 Å². The molecule has 12 N–H and O–H groups in total. The number of nitrogens with one attached hydrogen (secondary N) is 12. The number of hydrogen-bond donors (Lipinski definition) is 12. The van der Waals surface area contributed by atoms with Gasteiger partial charge in [-0.05, 0) is 46.8 Å². The van der Waals surface area contributed by atoms with Gasteiger partial charge in [-0.3, -0.25) is 14.5 Å². The van der Waals surface area contributed by atoms with Crippen LogP contribution >= 0.6 is 0 Å². The Labute approximate surface area is 561 Å². The summed E-state index contributed by atoms with van der Waals surface area (Å²) in [7, 11) is 24.6. The van der Waals surface area contributed by atoms with Crippen molar-refractivity contribution < 1.29 is 124 Å². The molecule has 14 amide bonds. The number of carbonyl (C=O) groups is 14.